The molecule has 1 unspecified atom stereocenters. The average Bonchev–Trinajstić information content (AvgIpc) is 2.52. The van der Waals surface area contributed by atoms with Gasteiger partial charge in [0.25, 0.3) is 5.91 Å². The van der Waals surface area contributed by atoms with Crippen molar-refractivity contribution in [3.05, 3.63) is 34.9 Å². The third-order valence-electron chi connectivity index (χ3n) is 3.62. The Labute approximate surface area is 126 Å². The lowest BCUT2D eigenvalue weighted by molar-refractivity contribution is 0.0536. The van der Waals surface area contributed by atoms with E-state index in [1.807, 2.05) is 19.1 Å². The van der Waals surface area contributed by atoms with Crippen LogP contribution in [0.4, 0.5) is 0 Å². The highest BCUT2D eigenvalue weighted by molar-refractivity contribution is 5.94. The summed E-state index contributed by atoms with van der Waals surface area (Å²) in [5.41, 5.74) is 7.94. The van der Waals surface area contributed by atoms with E-state index in [-0.39, 0.29) is 5.91 Å². The third kappa shape index (κ3) is 4.59. The number of ether oxygens (including phenoxy) is 1. The number of nitrogens with two attached hydrogens (primary N) is 1. The Morgan fingerprint density at radius 1 is 1.52 bits per heavy atom. The summed E-state index contributed by atoms with van der Waals surface area (Å²) < 4.78 is 5.42. The fourth-order valence-corrected chi connectivity index (χ4v) is 2.40. The number of aryl methyl sites for hydroxylation is 1. The molecule has 0 aromatic heterocycles. The lowest BCUT2D eigenvalue weighted by Crippen LogP contribution is -2.33. The molecule has 1 heterocycles. The van der Waals surface area contributed by atoms with Crippen LogP contribution >= 0.6 is 0 Å². The first kappa shape index (κ1) is 15.6. The van der Waals surface area contributed by atoms with Crippen LogP contribution in [0.1, 0.15) is 34.3 Å². The molecule has 0 bridgehead atoms. The topological polar surface area (TPSA) is 64.3 Å². The molecule has 1 atom stereocenters. The van der Waals surface area contributed by atoms with Crippen molar-refractivity contribution in [1.29, 1.82) is 0 Å². The number of benzene rings is 1. The zero-order chi connectivity index (χ0) is 15.1. The highest BCUT2D eigenvalue weighted by atomic mass is 16.5. The smallest absolute Gasteiger partial charge is 0.251 e. The fourth-order valence-electron chi connectivity index (χ4n) is 2.40. The second kappa shape index (κ2) is 7.82. The molecule has 0 radical (unpaired) electrons. The van der Waals surface area contributed by atoms with Crippen molar-refractivity contribution in [2.75, 3.05) is 26.3 Å². The van der Waals surface area contributed by atoms with Crippen LogP contribution in [-0.2, 0) is 4.74 Å². The second-order valence-electron chi connectivity index (χ2n) is 5.33. The average molecular weight is 286 g/mol. The van der Waals surface area contributed by atoms with Crippen molar-refractivity contribution in [3.63, 3.8) is 0 Å². The molecular formula is C17H22N2O2. The zero-order valence-electron chi connectivity index (χ0n) is 12.4. The van der Waals surface area contributed by atoms with Crippen molar-refractivity contribution >= 4 is 5.91 Å². The van der Waals surface area contributed by atoms with Crippen LogP contribution in [0.25, 0.3) is 0 Å². The van der Waals surface area contributed by atoms with Crippen LogP contribution in [0, 0.1) is 24.7 Å². The summed E-state index contributed by atoms with van der Waals surface area (Å²) in [6, 6.07) is 5.55. The predicted molar refractivity (Wildman–Crippen MR) is 83.0 cm³/mol. The van der Waals surface area contributed by atoms with Crippen LogP contribution < -0.4 is 11.1 Å². The van der Waals surface area contributed by atoms with Gasteiger partial charge in [-0.05, 0) is 49.4 Å². The summed E-state index contributed by atoms with van der Waals surface area (Å²) in [4.78, 5) is 12.2. The zero-order valence-corrected chi connectivity index (χ0v) is 12.4. The molecule has 1 fully saturated rings. The highest BCUT2D eigenvalue weighted by Crippen LogP contribution is 2.13. The Hall–Kier alpha value is -1.83. The van der Waals surface area contributed by atoms with E-state index >= 15 is 0 Å². The van der Waals surface area contributed by atoms with Crippen molar-refractivity contribution in [3.8, 4) is 11.8 Å². The maximum atomic E-state index is 12.2. The Bertz CT molecular complexity index is 552. The lowest BCUT2D eigenvalue weighted by Gasteiger charge is -2.22. The number of rotatable bonds is 3. The van der Waals surface area contributed by atoms with Gasteiger partial charge in [0.2, 0.25) is 0 Å². The molecule has 4 nitrogen and oxygen atoms in total. The van der Waals surface area contributed by atoms with E-state index in [9.17, 15) is 4.79 Å². The first-order valence-electron chi connectivity index (χ1n) is 7.36. The van der Waals surface area contributed by atoms with Gasteiger partial charge in [0.05, 0.1) is 13.2 Å². The molecule has 2 rings (SSSR count). The summed E-state index contributed by atoms with van der Waals surface area (Å²) >= 11 is 0. The SMILES string of the molecule is Cc1cc(C(=O)NCC2CCCOC2)ccc1C#CCN. The quantitative estimate of drug-likeness (QED) is 0.827. The van der Waals surface area contributed by atoms with E-state index in [0.717, 1.165) is 37.2 Å². The van der Waals surface area contributed by atoms with Crippen LogP contribution in [-0.4, -0.2) is 32.2 Å². The van der Waals surface area contributed by atoms with Gasteiger partial charge in [-0.2, -0.15) is 0 Å². The first-order chi connectivity index (χ1) is 10.2. The Morgan fingerprint density at radius 2 is 2.38 bits per heavy atom. The minimum absolute atomic E-state index is 0.0398. The van der Waals surface area contributed by atoms with Gasteiger partial charge in [0.1, 0.15) is 0 Å². The molecule has 4 heteroatoms. The minimum atomic E-state index is -0.0398. The van der Waals surface area contributed by atoms with Crippen LogP contribution in [0.3, 0.4) is 0 Å². The van der Waals surface area contributed by atoms with Gasteiger partial charge in [-0.15, -0.1) is 0 Å². The van der Waals surface area contributed by atoms with Gasteiger partial charge in [-0.1, -0.05) is 11.8 Å². The van der Waals surface area contributed by atoms with Crippen molar-refractivity contribution in [2.45, 2.75) is 19.8 Å². The number of amides is 1. The summed E-state index contributed by atoms with van der Waals surface area (Å²) in [6.07, 6.45) is 2.20. The van der Waals surface area contributed by atoms with Gasteiger partial charge < -0.3 is 15.8 Å². The Kier molecular flexibility index (Phi) is 5.79. The molecule has 1 aliphatic rings. The lowest BCUT2D eigenvalue weighted by atomic mass is 10.0. The maximum Gasteiger partial charge on any atom is 0.251 e. The first-order valence-corrected chi connectivity index (χ1v) is 7.36. The van der Waals surface area contributed by atoms with E-state index < -0.39 is 0 Å². The monoisotopic (exact) mass is 286 g/mol. The normalized spacial score (nSPS) is 17.7. The number of carbonyl (C=O) groups excluding carboxylic acids is 1. The maximum absolute atomic E-state index is 12.2. The van der Waals surface area contributed by atoms with Crippen LogP contribution in [0.2, 0.25) is 0 Å². The summed E-state index contributed by atoms with van der Waals surface area (Å²) in [5, 5.41) is 2.98. The molecule has 0 spiro atoms. The molecular weight excluding hydrogens is 264 g/mol. The number of hydrogen-bond donors (Lipinski definition) is 2. The molecule has 1 aliphatic heterocycles. The van der Waals surface area contributed by atoms with Crippen molar-refractivity contribution < 1.29 is 9.53 Å². The summed E-state index contributed by atoms with van der Waals surface area (Å²) in [5.74, 6) is 6.21. The van der Waals surface area contributed by atoms with E-state index in [2.05, 4.69) is 17.2 Å². The number of hydrogen-bond acceptors (Lipinski definition) is 3. The molecule has 3 N–H and O–H groups in total. The molecule has 1 amide bonds. The number of carbonyl (C=O) groups is 1. The van der Waals surface area contributed by atoms with Crippen molar-refractivity contribution in [2.24, 2.45) is 11.7 Å². The molecule has 0 saturated carbocycles. The fraction of sp³-hybridized carbons (Fsp3) is 0.471. The van der Waals surface area contributed by atoms with E-state index in [0.29, 0.717) is 24.6 Å². The molecule has 112 valence electrons. The molecule has 1 saturated heterocycles. The Balaban J connectivity index is 1.94. The van der Waals surface area contributed by atoms with E-state index in [1.54, 1.807) is 6.07 Å². The van der Waals surface area contributed by atoms with Crippen LogP contribution in [0.5, 0.6) is 0 Å². The minimum Gasteiger partial charge on any atom is -0.381 e. The van der Waals surface area contributed by atoms with E-state index in [4.69, 9.17) is 10.5 Å². The van der Waals surface area contributed by atoms with E-state index in [1.165, 1.54) is 0 Å². The Morgan fingerprint density at radius 3 is 3.05 bits per heavy atom. The van der Waals surface area contributed by atoms with Crippen LogP contribution in [0.15, 0.2) is 18.2 Å². The molecule has 1 aromatic carbocycles. The van der Waals surface area contributed by atoms with Gasteiger partial charge >= 0.3 is 0 Å². The van der Waals surface area contributed by atoms with Gasteiger partial charge in [-0.25, -0.2) is 0 Å². The highest BCUT2D eigenvalue weighted by Gasteiger charge is 2.15. The summed E-state index contributed by atoms with van der Waals surface area (Å²) in [7, 11) is 0. The predicted octanol–water partition coefficient (Wildman–Crippen LogP) is 1.46. The van der Waals surface area contributed by atoms with Gasteiger partial charge in [0, 0.05) is 24.3 Å². The third-order valence-corrected chi connectivity index (χ3v) is 3.62. The van der Waals surface area contributed by atoms with Gasteiger partial charge in [0.15, 0.2) is 0 Å². The molecule has 1 aromatic rings. The van der Waals surface area contributed by atoms with Gasteiger partial charge in [-0.3, -0.25) is 4.79 Å². The molecule has 0 aliphatic carbocycles. The standard InChI is InChI=1S/C17H22N2O2/c1-13-10-16(7-6-15(13)5-2-8-18)17(20)19-11-14-4-3-9-21-12-14/h6-7,10,14H,3-4,8-9,11-12,18H2,1H3,(H,19,20). The molecule has 21 heavy (non-hydrogen) atoms. The number of nitrogens with one attached hydrogen (secondary N) is 1. The summed E-state index contributed by atoms with van der Waals surface area (Å²) in [6.45, 7) is 4.55. The second-order valence-corrected chi connectivity index (χ2v) is 5.33. The largest absolute Gasteiger partial charge is 0.381 e. The van der Waals surface area contributed by atoms with Crippen molar-refractivity contribution in [1.82, 2.24) is 5.32 Å².